The number of benzene rings is 1. The molecular weight excluding hydrogens is 282 g/mol. The lowest BCUT2D eigenvalue weighted by atomic mass is 9.49. The Kier molecular flexibility index (Phi) is 3.95. The summed E-state index contributed by atoms with van der Waals surface area (Å²) < 4.78 is 0. The molecule has 0 radical (unpaired) electrons. The second kappa shape index (κ2) is 5.96. The molecule has 1 unspecified atom stereocenters. The fourth-order valence-electron chi connectivity index (χ4n) is 6.04. The van der Waals surface area contributed by atoms with Crippen LogP contribution in [0.25, 0.3) is 0 Å². The van der Waals surface area contributed by atoms with Crippen molar-refractivity contribution in [3.8, 4) is 0 Å². The van der Waals surface area contributed by atoms with Crippen LogP contribution in [0.3, 0.4) is 0 Å². The van der Waals surface area contributed by atoms with Gasteiger partial charge in [0.05, 0.1) is 0 Å². The first kappa shape index (κ1) is 15.2. The van der Waals surface area contributed by atoms with Crippen LogP contribution in [0.5, 0.6) is 0 Å². The molecule has 1 atom stereocenters. The maximum atomic E-state index is 12.4. The molecule has 4 fully saturated rings. The molecular formula is C21H29NO. The minimum atomic E-state index is 0.233. The largest absolute Gasteiger partial charge is 0.356 e. The van der Waals surface area contributed by atoms with Gasteiger partial charge in [-0.1, -0.05) is 37.3 Å². The average Bonchev–Trinajstić information content (AvgIpc) is 2.53. The highest BCUT2D eigenvalue weighted by Crippen LogP contribution is 2.59. The van der Waals surface area contributed by atoms with Crippen LogP contribution in [0.1, 0.15) is 63.4 Å². The molecule has 2 heteroatoms. The van der Waals surface area contributed by atoms with Crippen LogP contribution in [-0.2, 0) is 4.79 Å². The average molecular weight is 311 g/mol. The van der Waals surface area contributed by atoms with Crippen LogP contribution in [0.4, 0.5) is 0 Å². The predicted molar refractivity (Wildman–Crippen MR) is 93.1 cm³/mol. The van der Waals surface area contributed by atoms with E-state index < -0.39 is 0 Å². The molecule has 5 rings (SSSR count). The summed E-state index contributed by atoms with van der Waals surface area (Å²) in [4.78, 5) is 12.4. The normalized spacial score (nSPS) is 36.0. The van der Waals surface area contributed by atoms with Crippen LogP contribution in [-0.4, -0.2) is 12.5 Å². The standard InChI is InChI=1S/C21H29NO/c1-15(19-5-3-2-4-6-19)7-20(23)22-14-21-11-16-8-17(12-21)10-18(9-16)13-21/h2-6,15-18H,7-14H2,1H3,(H,22,23). The second-order valence-electron chi connectivity index (χ2n) is 8.71. The van der Waals surface area contributed by atoms with Gasteiger partial charge in [0, 0.05) is 13.0 Å². The number of carbonyl (C=O) groups is 1. The third-order valence-electron chi connectivity index (χ3n) is 6.69. The molecule has 0 saturated heterocycles. The first-order chi connectivity index (χ1) is 11.1. The molecule has 4 aliphatic rings. The molecule has 1 N–H and O–H groups in total. The Bertz CT molecular complexity index is 529. The molecule has 2 nitrogen and oxygen atoms in total. The Morgan fingerprint density at radius 2 is 1.65 bits per heavy atom. The Morgan fingerprint density at radius 1 is 1.09 bits per heavy atom. The number of amides is 1. The lowest BCUT2D eigenvalue weighted by Crippen LogP contribution is -2.51. The first-order valence-electron chi connectivity index (χ1n) is 9.43. The van der Waals surface area contributed by atoms with Gasteiger partial charge in [-0.15, -0.1) is 0 Å². The summed E-state index contributed by atoms with van der Waals surface area (Å²) in [6.45, 7) is 3.08. The van der Waals surface area contributed by atoms with Gasteiger partial charge in [-0.2, -0.15) is 0 Å². The summed E-state index contributed by atoms with van der Waals surface area (Å²) in [6.07, 6.45) is 9.12. The van der Waals surface area contributed by atoms with Gasteiger partial charge in [-0.25, -0.2) is 0 Å². The molecule has 4 aliphatic carbocycles. The van der Waals surface area contributed by atoms with E-state index in [0.29, 0.717) is 17.8 Å². The topological polar surface area (TPSA) is 29.1 Å². The smallest absolute Gasteiger partial charge is 0.220 e. The highest BCUT2D eigenvalue weighted by molar-refractivity contribution is 5.76. The van der Waals surface area contributed by atoms with E-state index in [1.165, 1.54) is 44.1 Å². The third kappa shape index (κ3) is 3.18. The van der Waals surface area contributed by atoms with E-state index in [4.69, 9.17) is 0 Å². The van der Waals surface area contributed by atoms with Crippen molar-refractivity contribution in [1.82, 2.24) is 5.32 Å². The lowest BCUT2D eigenvalue weighted by molar-refractivity contribution is -0.123. The van der Waals surface area contributed by atoms with Crippen LogP contribution in [0.2, 0.25) is 0 Å². The van der Waals surface area contributed by atoms with Gasteiger partial charge in [0.1, 0.15) is 0 Å². The van der Waals surface area contributed by atoms with Crippen LogP contribution < -0.4 is 5.32 Å². The number of carbonyl (C=O) groups excluding carboxylic acids is 1. The summed E-state index contributed by atoms with van der Waals surface area (Å²) in [6, 6.07) is 10.4. The number of rotatable bonds is 5. The van der Waals surface area contributed by atoms with E-state index in [-0.39, 0.29) is 5.91 Å². The van der Waals surface area contributed by atoms with Gasteiger partial charge in [0.25, 0.3) is 0 Å². The van der Waals surface area contributed by atoms with Crippen molar-refractivity contribution < 1.29 is 4.79 Å². The monoisotopic (exact) mass is 311 g/mol. The zero-order chi connectivity index (χ0) is 15.9. The fraction of sp³-hybridized carbons (Fsp3) is 0.667. The quantitative estimate of drug-likeness (QED) is 0.851. The van der Waals surface area contributed by atoms with Crippen molar-refractivity contribution in [2.45, 2.75) is 57.8 Å². The molecule has 124 valence electrons. The van der Waals surface area contributed by atoms with Crippen molar-refractivity contribution in [1.29, 1.82) is 0 Å². The highest BCUT2D eigenvalue weighted by atomic mass is 16.1. The van der Waals surface area contributed by atoms with Crippen LogP contribution in [0, 0.1) is 23.2 Å². The Hall–Kier alpha value is -1.31. The van der Waals surface area contributed by atoms with Crippen LogP contribution >= 0.6 is 0 Å². The van der Waals surface area contributed by atoms with E-state index in [1.54, 1.807) is 0 Å². The Morgan fingerprint density at radius 3 is 2.22 bits per heavy atom. The van der Waals surface area contributed by atoms with E-state index in [0.717, 1.165) is 24.3 Å². The van der Waals surface area contributed by atoms with E-state index in [1.807, 2.05) is 6.07 Å². The molecule has 1 aromatic rings. The summed E-state index contributed by atoms with van der Waals surface area (Å²) in [7, 11) is 0. The minimum absolute atomic E-state index is 0.233. The van der Waals surface area contributed by atoms with Gasteiger partial charge in [-0.3, -0.25) is 4.79 Å². The Balaban J connectivity index is 1.32. The van der Waals surface area contributed by atoms with E-state index in [2.05, 4.69) is 36.5 Å². The van der Waals surface area contributed by atoms with Crippen LogP contribution in [0.15, 0.2) is 30.3 Å². The summed E-state index contributed by atoms with van der Waals surface area (Å²) >= 11 is 0. The maximum absolute atomic E-state index is 12.4. The molecule has 0 heterocycles. The van der Waals surface area contributed by atoms with E-state index in [9.17, 15) is 4.79 Å². The molecule has 1 aromatic carbocycles. The Labute approximate surface area is 140 Å². The number of hydrogen-bond acceptors (Lipinski definition) is 1. The minimum Gasteiger partial charge on any atom is -0.356 e. The molecule has 4 saturated carbocycles. The molecule has 0 spiro atoms. The van der Waals surface area contributed by atoms with Gasteiger partial charge < -0.3 is 5.32 Å². The van der Waals surface area contributed by atoms with Crippen molar-refractivity contribution in [3.05, 3.63) is 35.9 Å². The number of hydrogen-bond donors (Lipinski definition) is 1. The maximum Gasteiger partial charge on any atom is 0.220 e. The molecule has 4 bridgehead atoms. The highest BCUT2D eigenvalue weighted by Gasteiger charge is 2.50. The van der Waals surface area contributed by atoms with E-state index >= 15 is 0 Å². The molecule has 23 heavy (non-hydrogen) atoms. The molecule has 0 aliphatic heterocycles. The fourth-order valence-corrected chi connectivity index (χ4v) is 6.04. The van der Waals surface area contributed by atoms with Gasteiger partial charge >= 0.3 is 0 Å². The van der Waals surface area contributed by atoms with Gasteiger partial charge in [0.15, 0.2) is 0 Å². The van der Waals surface area contributed by atoms with Gasteiger partial charge in [0.2, 0.25) is 5.91 Å². The summed E-state index contributed by atoms with van der Waals surface area (Å²) in [5.74, 6) is 3.41. The van der Waals surface area contributed by atoms with Gasteiger partial charge in [-0.05, 0) is 73.2 Å². The zero-order valence-electron chi connectivity index (χ0n) is 14.3. The predicted octanol–water partition coefficient (Wildman–Crippen LogP) is 4.51. The number of nitrogens with one attached hydrogen (secondary N) is 1. The lowest BCUT2D eigenvalue weighted by Gasteiger charge is -2.56. The summed E-state index contributed by atoms with van der Waals surface area (Å²) in [5.41, 5.74) is 1.71. The van der Waals surface area contributed by atoms with Crippen molar-refractivity contribution in [2.75, 3.05) is 6.54 Å². The zero-order valence-corrected chi connectivity index (χ0v) is 14.3. The summed E-state index contributed by atoms with van der Waals surface area (Å²) in [5, 5.41) is 3.30. The SMILES string of the molecule is CC(CC(=O)NCC12CC3CC(CC(C3)C1)C2)c1ccccc1. The van der Waals surface area contributed by atoms with Crippen molar-refractivity contribution in [2.24, 2.45) is 23.2 Å². The second-order valence-corrected chi connectivity index (χ2v) is 8.71. The molecule has 0 aromatic heterocycles. The first-order valence-corrected chi connectivity index (χ1v) is 9.43. The van der Waals surface area contributed by atoms with Crippen molar-refractivity contribution >= 4 is 5.91 Å². The van der Waals surface area contributed by atoms with Crippen molar-refractivity contribution in [3.63, 3.8) is 0 Å². The third-order valence-corrected chi connectivity index (χ3v) is 6.69. The molecule has 1 amide bonds.